The van der Waals surface area contributed by atoms with E-state index in [1.807, 2.05) is 102 Å². The molecule has 3 aromatic heterocycles. The second-order valence-electron chi connectivity index (χ2n) is 15.0. The van der Waals surface area contributed by atoms with Crippen molar-refractivity contribution < 1.29 is 4.42 Å². The van der Waals surface area contributed by atoms with E-state index in [4.69, 9.17) is 114 Å². The summed E-state index contributed by atoms with van der Waals surface area (Å²) in [6, 6.07) is 30.8. The molecular formula is C45H16B12N4O. The Labute approximate surface area is 373 Å². The fraction of sp³-hybridized carbons (Fsp3) is 0. The van der Waals surface area contributed by atoms with Crippen LogP contribution in [0.4, 0.5) is 0 Å². The van der Waals surface area contributed by atoms with Crippen molar-refractivity contribution in [2.75, 3.05) is 0 Å². The smallest absolute Gasteiger partial charge is 0.164 e. The van der Waals surface area contributed by atoms with Crippen molar-refractivity contribution in [1.82, 2.24) is 19.5 Å². The minimum Gasteiger partial charge on any atom is -0.456 e. The molecule has 0 fully saturated rings. The number of furan rings is 1. The Kier molecular flexibility index (Phi) is 9.55. The number of nitrogens with zero attached hydrogens (tertiary/aromatic N) is 4. The molecular weight excluding hydrogens is 742 g/mol. The van der Waals surface area contributed by atoms with Crippen molar-refractivity contribution in [2.45, 2.75) is 0 Å². The molecule has 0 aliphatic carbocycles. The highest BCUT2D eigenvalue weighted by molar-refractivity contribution is 6.72. The summed E-state index contributed by atoms with van der Waals surface area (Å²) in [5.74, 6) is 1.51. The maximum Gasteiger partial charge on any atom is 0.164 e. The molecule has 0 amide bonds. The Morgan fingerprint density at radius 3 is 1.39 bits per heavy atom. The van der Waals surface area contributed by atoms with Gasteiger partial charge in [-0.05, 0) is 40.8 Å². The number of fused-ring (bicyclic) bond motifs is 6. The molecule has 0 spiro atoms. The summed E-state index contributed by atoms with van der Waals surface area (Å²) in [6.45, 7) is 0. The topological polar surface area (TPSA) is 56.7 Å². The van der Waals surface area contributed by atoms with Crippen LogP contribution in [0.1, 0.15) is 0 Å². The molecule has 0 N–H and O–H groups in total. The third-order valence-corrected chi connectivity index (χ3v) is 11.5. The molecule has 10 aromatic rings. The predicted octanol–water partition coefficient (Wildman–Crippen LogP) is -2.94. The highest BCUT2D eigenvalue weighted by Crippen LogP contribution is 2.38. The fourth-order valence-electron chi connectivity index (χ4n) is 8.39. The molecule has 0 saturated heterocycles. The average molecular weight is 758 g/mol. The summed E-state index contributed by atoms with van der Waals surface area (Å²) in [7, 11) is 79.7. The monoisotopic (exact) mass is 760 g/mol. The first-order valence-corrected chi connectivity index (χ1v) is 19.2. The molecule has 258 valence electrons. The van der Waals surface area contributed by atoms with Gasteiger partial charge in [-0.2, -0.15) is 0 Å². The number of aromatic nitrogens is 4. The Hall–Kier alpha value is -6.07. The Bertz CT molecular complexity index is 3470. The van der Waals surface area contributed by atoms with Crippen LogP contribution >= 0.6 is 0 Å². The molecule has 10 rings (SSSR count). The number of rotatable bonds is 5. The van der Waals surface area contributed by atoms with E-state index in [0.29, 0.717) is 67.1 Å². The maximum atomic E-state index is 7.14. The van der Waals surface area contributed by atoms with Gasteiger partial charge in [0.25, 0.3) is 0 Å². The van der Waals surface area contributed by atoms with Gasteiger partial charge in [-0.15, -0.1) is 27.3 Å². The zero-order valence-corrected chi connectivity index (χ0v) is 32.9. The molecule has 7 aromatic carbocycles. The first-order valence-electron chi connectivity index (χ1n) is 19.2. The highest BCUT2D eigenvalue weighted by atomic mass is 16.3. The summed E-state index contributed by atoms with van der Waals surface area (Å²) in [5.41, 5.74) is 5.63. The van der Waals surface area contributed by atoms with Gasteiger partial charge in [0.15, 0.2) is 17.5 Å². The number of benzene rings is 7. The summed E-state index contributed by atoms with van der Waals surface area (Å²) >= 11 is 0. The molecule has 0 aliphatic rings. The largest absolute Gasteiger partial charge is 0.456 e. The molecule has 5 nitrogen and oxygen atoms in total. The lowest BCUT2D eigenvalue weighted by Gasteiger charge is -2.26. The molecule has 0 unspecified atom stereocenters. The molecule has 24 radical (unpaired) electrons. The SMILES string of the molecule is [B]c1c([B])c([B])c(-c2c([B])c([B])c3c(c2[B])c2c([B])c([B])c([B])c([B])c2n3-c2cccc3oc4cc(-c5nc(-c6ccccc6)nc(-c6ccccc6)n5)ccc4c23)c([B])c1[B]. The van der Waals surface area contributed by atoms with Crippen molar-refractivity contribution in [3.8, 4) is 51.0 Å². The lowest BCUT2D eigenvalue weighted by Crippen LogP contribution is -2.56. The summed E-state index contributed by atoms with van der Waals surface area (Å²) in [4.78, 5) is 14.7. The first kappa shape index (κ1) is 40.0. The maximum absolute atomic E-state index is 7.14. The van der Waals surface area contributed by atoms with E-state index in [2.05, 4.69) is 0 Å². The van der Waals surface area contributed by atoms with Crippen LogP contribution in [0.25, 0.3) is 94.7 Å². The second-order valence-corrected chi connectivity index (χ2v) is 15.0. The molecule has 0 bridgehead atoms. The summed E-state index contributed by atoms with van der Waals surface area (Å²) in [5, 5.41) is 2.14. The quantitative estimate of drug-likeness (QED) is 0.177. The number of hydrogen-bond donors (Lipinski definition) is 0. The van der Waals surface area contributed by atoms with Crippen molar-refractivity contribution in [2.24, 2.45) is 0 Å². The lowest BCUT2D eigenvalue weighted by molar-refractivity contribution is 0.669. The standard InChI is InChI=1S/C45H16B12N4O/c46-29-25(26-30(47)34(51)37(54)35(52)31(26)48)32(49)39(56)41-27(29)28-33(50)36(53)38(55)40(57)42(28)61(41)21-12-7-13-22-24(21)20-15-14-19(16-23(20)62-22)45-59-43(17-8-3-1-4-9-17)58-44(60-45)18-10-5-2-6-11-18/h1-16H. The van der Waals surface area contributed by atoms with E-state index in [-0.39, 0.29) is 76.7 Å². The van der Waals surface area contributed by atoms with Crippen LogP contribution < -0.4 is 65.6 Å². The van der Waals surface area contributed by atoms with Gasteiger partial charge >= 0.3 is 0 Å². The van der Waals surface area contributed by atoms with Crippen LogP contribution in [0, 0.1) is 0 Å². The summed E-state index contributed by atoms with van der Waals surface area (Å²) in [6.07, 6.45) is 0. The van der Waals surface area contributed by atoms with Gasteiger partial charge in [0.1, 0.15) is 105 Å². The van der Waals surface area contributed by atoms with Gasteiger partial charge in [0.05, 0.1) is 11.1 Å². The Balaban J connectivity index is 1.26. The molecule has 0 atom stereocenters. The van der Waals surface area contributed by atoms with Crippen molar-refractivity contribution in [1.29, 1.82) is 0 Å². The van der Waals surface area contributed by atoms with Crippen LogP contribution in [0.5, 0.6) is 0 Å². The van der Waals surface area contributed by atoms with E-state index in [9.17, 15) is 0 Å². The van der Waals surface area contributed by atoms with Crippen molar-refractivity contribution >= 4 is 203 Å². The normalized spacial score (nSPS) is 11.7. The zero-order chi connectivity index (χ0) is 43.5. The fourth-order valence-corrected chi connectivity index (χ4v) is 8.39. The molecule has 17 heteroatoms. The Morgan fingerprint density at radius 1 is 0.355 bits per heavy atom. The van der Waals surface area contributed by atoms with Crippen molar-refractivity contribution in [3.63, 3.8) is 0 Å². The molecule has 3 heterocycles. The predicted molar refractivity (Wildman–Crippen MR) is 268 cm³/mol. The van der Waals surface area contributed by atoms with Gasteiger partial charge in [-0.25, -0.2) is 15.0 Å². The van der Waals surface area contributed by atoms with E-state index in [1.54, 1.807) is 0 Å². The number of hydrogen-bond acceptors (Lipinski definition) is 4. The average Bonchev–Trinajstić information content (AvgIpc) is 3.86. The van der Waals surface area contributed by atoms with Crippen LogP contribution in [-0.4, -0.2) is 114 Å². The third-order valence-electron chi connectivity index (χ3n) is 11.5. The zero-order valence-electron chi connectivity index (χ0n) is 32.9. The van der Waals surface area contributed by atoms with Gasteiger partial charge in [0, 0.05) is 38.5 Å². The van der Waals surface area contributed by atoms with E-state index in [1.165, 1.54) is 0 Å². The lowest BCUT2D eigenvalue weighted by atomic mass is 9.57. The molecule has 0 saturated carbocycles. The molecule has 62 heavy (non-hydrogen) atoms. The van der Waals surface area contributed by atoms with Crippen LogP contribution in [-0.2, 0) is 0 Å². The minimum absolute atomic E-state index is 0.00203. The highest BCUT2D eigenvalue weighted by Gasteiger charge is 2.27. The van der Waals surface area contributed by atoms with Gasteiger partial charge in [0.2, 0.25) is 0 Å². The summed E-state index contributed by atoms with van der Waals surface area (Å²) < 4.78 is 8.40. The second kappa shape index (κ2) is 14.8. The van der Waals surface area contributed by atoms with Crippen molar-refractivity contribution in [3.05, 3.63) is 97.1 Å². The Morgan fingerprint density at radius 2 is 0.806 bits per heavy atom. The first-order chi connectivity index (χ1) is 29.8. The van der Waals surface area contributed by atoms with Gasteiger partial charge < -0.3 is 8.98 Å². The van der Waals surface area contributed by atoms with Gasteiger partial charge in [-0.1, -0.05) is 111 Å². The molecule has 0 aliphatic heterocycles. The third kappa shape index (κ3) is 5.83. The van der Waals surface area contributed by atoms with E-state index < -0.39 is 0 Å². The van der Waals surface area contributed by atoms with E-state index >= 15 is 0 Å². The van der Waals surface area contributed by atoms with Crippen LogP contribution in [0.2, 0.25) is 0 Å². The van der Waals surface area contributed by atoms with Gasteiger partial charge in [-0.3, -0.25) is 0 Å². The van der Waals surface area contributed by atoms with Crippen LogP contribution in [0.15, 0.2) is 101 Å². The minimum atomic E-state index is -0.00203. The van der Waals surface area contributed by atoms with E-state index in [0.717, 1.165) is 16.5 Å². The van der Waals surface area contributed by atoms with Crippen LogP contribution in [0.3, 0.4) is 0 Å².